The first-order valence-corrected chi connectivity index (χ1v) is 7.48. The van der Waals surface area contributed by atoms with Gasteiger partial charge in [-0.2, -0.15) is 0 Å². The predicted octanol–water partition coefficient (Wildman–Crippen LogP) is 4.93. The number of hydrogen-bond acceptors (Lipinski definition) is 2. The second-order valence-corrected chi connectivity index (χ2v) is 5.57. The molecule has 4 aromatic carbocycles. The molecule has 0 aliphatic carbocycles. The second kappa shape index (κ2) is 5.25. The number of phenolic OH excluding ortho intramolecular Hbond substituents is 1. The van der Waals surface area contributed by atoms with Crippen LogP contribution < -0.4 is 0 Å². The van der Waals surface area contributed by atoms with Gasteiger partial charge in [-0.25, -0.2) is 0 Å². The highest BCUT2D eigenvalue weighted by Gasteiger charge is 2.14. The molecule has 2 nitrogen and oxygen atoms in total. The van der Waals surface area contributed by atoms with Gasteiger partial charge in [0.1, 0.15) is 5.75 Å². The van der Waals surface area contributed by atoms with E-state index >= 15 is 0 Å². The van der Waals surface area contributed by atoms with Gasteiger partial charge >= 0.3 is 0 Å². The first-order chi connectivity index (χ1) is 11.2. The molecule has 0 aliphatic heterocycles. The van der Waals surface area contributed by atoms with Crippen molar-refractivity contribution < 1.29 is 9.90 Å². The smallest absolute Gasteiger partial charge is 0.193 e. The largest absolute Gasteiger partial charge is 0.507 e. The second-order valence-electron chi connectivity index (χ2n) is 5.57. The Hall–Kier alpha value is -3.13. The van der Waals surface area contributed by atoms with Crippen molar-refractivity contribution in [2.75, 3.05) is 0 Å². The van der Waals surface area contributed by atoms with Crippen molar-refractivity contribution in [2.24, 2.45) is 0 Å². The Morgan fingerprint density at radius 1 is 0.696 bits per heavy atom. The minimum atomic E-state index is -0.0352. The molecule has 0 unspecified atom stereocenters. The number of carbonyl (C=O) groups excluding carboxylic acids is 1. The number of ketones is 1. The van der Waals surface area contributed by atoms with Crippen molar-refractivity contribution in [3.8, 4) is 5.75 Å². The van der Waals surface area contributed by atoms with Crippen molar-refractivity contribution in [3.63, 3.8) is 0 Å². The zero-order chi connectivity index (χ0) is 15.8. The van der Waals surface area contributed by atoms with Crippen LogP contribution in [0.1, 0.15) is 15.9 Å². The minimum absolute atomic E-state index is 0.0352. The maximum Gasteiger partial charge on any atom is 0.193 e. The highest BCUT2D eigenvalue weighted by Crippen LogP contribution is 2.29. The fraction of sp³-hybridized carbons (Fsp3) is 0. The van der Waals surface area contributed by atoms with Crippen molar-refractivity contribution in [3.05, 3.63) is 90.0 Å². The third-order valence-electron chi connectivity index (χ3n) is 4.16. The van der Waals surface area contributed by atoms with E-state index in [2.05, 4.69) is 0 Å². The van der Waals surface area contributed by atoms with Crippen molar-refractivity contribution in [1.82, 2.24) is 0 Å². The molecular weight excluding hydrogens is 284 g/mol. The summed E-state index contributed by atoms with van der Waals surface area (Å²) in [7, 11) is 0. The van der Waals surface area contributed by atoms with Gasteiger partial charge in [-0.05, 0) is 34.4 Å². The highest BCUT2D eigenvalue weighted by atomic mass is 16.3. The van der Waals surface area contributed by atoms with Gasteiger partial charge < -0.3 is 5.11 Å². The molecule has 4 aromatic rings. The van der Waals surface area contributed by atoms with Gasteiger partial charge in [0, 0.05) is 16.5 Å². The first-order valence-electron chi connectivity index (χ1n) is 7.48. The van der Waals surface area contributed by atoms with Crippen LogP contribution in [-0.2, 0) is 0 Å². The third-order valence-corrected chi connectivity index (χ3v) is 4.16. The van der Waals surface area contributed by atoms with Gasteiger partial charge in [0.05, 0.1) is 0 Å². The van der Waals surface area contributed by atoms with Crippen LogP contribution >= 0.6 is 0 Å². The lowest BCUT2D eigenvalue weighted by atomic mass is 9.95. The fourth-order valence-corrected chi connectivity index (χ4v) is 2.97. The van der Waals surface area contributed by atoms with Crippen molar-refractivity contribution in [1.29, 1.82) is 0 Å². The Balaban J connectivity index is 1.89. The summed E-state index contributed by atoms with van der Waals surface area (Å²) in [6.07, 6.45) is 0. The highest BCUT2D eigenvalue weighted by molar-refractivity contribution is 6.18. The molecule has 110 valence electrons. The lowest BCUT2D eigenvalue weighted by Crippen LogP contribution is -2.02. The van der Waals surface area contributed by atoms with Crippen LogP contribution in [0.2, 0.25) is 0 Å². The maximum atomic E-state index is 12.9. The van der Waals surface area contributed by atoms with E-state index in [1.54, 1.807) is 12.1 Å². The first kappa shape index (κ1) is 13.5. The number of phenols is 1. The van der Waals surface area contributed by atoms with E-state index in [-0.39, 0.29) is 11.5 Å². The zero-order valence-corrected chi connectivity index (χ0v) is 12.4. The molecule has 0 atom stereocenters. The Labute approximate surface area is 133 Å². The van der Waals surface area contributed by atoms with Crippen LogP contribution in [0, 0.1) is 0 Å². The van der Waals surface area contributed by atoms with E-state index in [9.17, 15) is 9.90 Å². The summed E-state index contributed by atoms with van der Waals surface area (Å²) >= 11 is 0. The van der Waals surface area contributed by atoms with Crippen LogP contribution in [0.5, 0.6) is 5.75 Å². The summed E-state index contributed by atoms with van der Waals surface area (Å²) in [5.74, 6) is 0.155. The van der Waals surface area contributed by atoms with E-state index in [1.807, 2.05) is 66.7 Å². The van der Waals surface area contributed by atoms with Crippen LogP contribution in [0.3, 0.4) is 0 Å². The van der Waals surface area contributed by atoms with Gasteiger partial charge in [0.15, 0.2) is 5.78 Å². The van der Waals surface area contributed by atoms with E-state index in [1.165, 1.54) is 0 Å². The number of carbonyl (C=O) groups is 1. The number of fused-ring (bicyclic) bond motifs is 2. The molecular formula is C21H14O2. The monoisotopic (exact) mass is 298 g/mol. The third kappa shape index (κ3) is 2.25. The van der Waals surface area contributed by atoms with E-state index in [0.717, 1.165) is 16.2 Å². The average molecular weight is 298 g/mol. The molecule has 4 rings (SSSR count). The van der Waals surface area contributed by atoms with Crippen molar-refractivity contribution >= 4 is 27.3 Å². The van der Waals surface area contributed by atoms with Crippen LogP contribution in [0.15, 0.2) is 78.9 Å². The van der Waals surface area contributed by atoms with Crippen LogP contribution in [0.4, 0.5) is 0 Å². The Morgan fingerprint density at radius 2 is 1.39 bits per heavy atom. The predicted molar refractivity (Wildman–Crippen MR) is 93.0 cm³/mol. The summed E-state index contributed by atoms with van der Waals surface area (Å²) < 4.78 is 0. The molecule has 0 heterocycles. The molecule has 0 radical (unpaired) electrons. The van der Waals surface area contributed by atoms with Crippen molar-refractivity contribution in [2.45, 2.75) is 0 Å². The summed E-state index contributed by atoms with van der Waals surface area (Å²) in [5, 5.41) is 13.6. The van der Waals surface area contributed by atoms with E-state index < -0.39 is 0 Å². The molecule has 2 heteroatoms. The van der Waals surface area contributed by atoms with Crippen LogP contribution in [-0.4, -0.2) is 10.9 Å². The van der Waals surface area contributed by atoms with Gasteiger partial charge in [0.2, 0.25) is 0 Å². The SMILES string of the molecule is O=C(c1ccc2ccccc2c1)c1ccc(O)c2ccccc12. The minimum Gasteiger partial charge on any atom is -0.507 e. The standard InChI is InChI=1S/C21H14O2/c22-20-12-11-19(17-7-3-4-8-18(17)20)21(23)16-10-9-14-5-1-2-6-15(14)13-16/h1-13,22H. The van der Waals surface area contributed by atoms with E-state index in [0.29, 0.717) is 16.5 Å². The van der Waals surface area contributed by atoms with Gasteiger partial charge in [-0.3, -0.25) is 4.79 Å². The molecule has 0 aromatic heterocycles. The van der Waals surface area contributed by atoms with Gasteiger partial charge in [-0.1, -0.05) is 60.7 Å². The zero-order valence-electron chi connectivity index (χ0n) is 12.4. The average Bonchev–Trinajstić information content (AvgIpc) is 2.61. The van der Waals surface area contributed by atoms with Gasteiger partial charge in [-0.15, -0.1) is 0 Å². The number of aromatic hydroxyl groups is 1. The molecule has 0 saturated heterocycles. The quantitative estimate of drug-likeness (QED) is 0.533. The lowest BCUT2D eigenvalue weighted by molar-refractivity contribution is 0.104. The summed E-state index contributed by atoms with van der Waals surface area (Å²) in [6.45, 7) is 0. The van der Waals surface area contributed by atoms with Gasteiger partial charge in [0.25, 0.3) is 0 Å². The molecule has 0 aliphatic rings. The molecule has 23 heavy (non-hydrogen) atoms. The number of benzene rings is 4. The number of rotatable bonds is 2. The molecule has 0 bridgehead atoms. The summed E-state index contributed by atoms with van der Waals surface area (Å²) in [4.78, 5) is 12.9. The molecule has 0 fully saturated rings. The van der Waals surface area contributed by atoms with E-state index in [4.69, 9.17) is 0 Å². The summed E-state index contributed by atoms with van der Waals surface area (Å²) in [6, 6.07) is 24.4. The molecule has 0 saturated carbocycles. The van der Waals surface area contributed by atoms with Crippen LogP contribution in [0.25, 0.3) is 21.5 Å². The molecule has 0 spiro atoms. The Kier molecular flexibility index (Phi) is 3.09. The fourth-order valence-electron chi connectivity index (χ4n) is 2.97. The molecule has 0 amide bonds. The topological polar surface area (TPSA) is 37.3 Å². The summed E-state index contributed by atoms with van der Waals surface area (Å²) in [5.41, 5.74) is 1.26. The molecule has 1 N–H and O–H groups in total. The maximum absolute atomic E-state index is 12.9. The normalized spacial score (nSPS) is 11.0. The lowest BCUT2D eigenvalue weighted by Gasteiger charge is -2.08. The Morgan fingerprint density at radius 3 is 2.22 bits per heavy atom. The Bertz CT molecular complexity index is 1050. The number of hydrogen-bond donors (Lipinski definition) is 1.